The molecule has 0 radical (unpaired) electrons. The summed E-state index contributed by atoms with van der Waals surface area (Å²) in [4.78, 5) is 30.7. The molecule has 1 amide bonds. The molecule has 4 aliphatic rings. The maximum atomic E-state index is 14.3. The summed E-state index contributed by atoms with van der Waals surface area (Å²) in [6.45, 7) is 3.33. The van der Waals surface area contributed by atoms with Crippen LogP contribution in [0, 0.1) is 17.8 Å². The Labute approximate surface area is 232 Å². The van der Waals surface area contributed by atoms with E-state index >= 15 is 0 Å². The van der Waals surface area contributed by atoms with Crippen molar-refractivity contribution < 1.29 is 18.0 Å². The van der Waals surface area contributed by atoms with Gasteiger partial charge in [0.2, 0.25) is 6.41 Å². The lowest BCUT2D eigenvalue weighted by Gasteiger charge is -2.46. The number of alkyl halides is 3. The molecule has 4 heterocycles. The molecule has 2 aliphatic heterocycles. The summed E-state index contributed by atoms with van der Waals surface area (Å²) in [5.74, 6) is 1.49. The molecule has 2 aromatic rings. The smallest absolute Gasteiger partial charge is 0.343 e. The summed E-state index contributed by atoms with van der Waals surface area (Å²) in [6, 6.07) is 1.07. The number of carbonyl (C=O) groups is 1. The summed E-state index contributed by atoms with van der Waals surface area (Å²) in [5, 5.41) is 0. The lowest BCUT2D eigenvalue weighted by molar-refractivity contribution is -0.136. The van der Waals surface area contributed by atoms with Crippen LogP contribution in [0.15, 0.2) is 23.3 Å². The van der Waals surface area contributed by atoms with Crippen molar-refractivity contribution in [2.45, 2.75) is 69.9 Å². The van der Waals surface area contributed by atoms with Gasteiger partial charge in [-0.2, -0.15) is 13.2 Å². The zero-order valence-electron chi connectivity index (χ0n) is 23.1. The van der Waals surface area contributed by atoms with Gasteiger partial charge in [-0.3, -0.25) is 23.6 Å². The second kappa shape index (κ2) is 11.1. The van der Waals surface area contributed by atoms with Crippen LogP contribution in [0.2, 0.25) is 0 Å². The van der Waals surface area contributed by atoms with Crippen molar-refractivity contribution >= 4 is 11.9 Å². The number of piperazine rings is 1. The first-order valence-electron chi connectivity index (χ1n) is 14.7. The number of carbonyl (C=O) groups excluding carboxylic acids is 1. The number of hydrogen-bond acceptors (Lipinski definition) is 6. The van der Waals surface area contributed by atoms with Crippen molar-refractivity contribution in [1.82, 2.24) is 34.5 Å². The summed E-state index contributed by atoms with van der Waals surface area (Å²) >= 11 is 0. The number of hydrogen-bond donors (Lipinski definition) is 2. The number of amides is 1. The number of aromatic nitrogens is 2. The third-order valence-electron chi connectivity index (χ3n) is 9.85. The third kappa shape index (κ3) is 5.31. The van der Waals surface area contributed by atoms with Crippen molar-refractivity contribution in [2.24, 2.45) is 17.8 Å². The predicted octanol–water partition coefficient (Wildman–Crippen LogP) is 2.86. The maximum Gasteiger partial charge on any atom is 0.418 e. The van der Waals surface area contributed by atoms with Crippen LogP contribution in [0.1, 0.15) is 62.1 Å². The molecule has 0 bridgehead atoms. The Hall–Kier alpha value is -2.41. The molecular formula is C28H40F3N7O2. The Morgan fingerprint density at radius 1 is 1.05 bits per heavy atom. The van der Waals surface area contributed by atoms with E-state index in [1.807, 2.05) is 4.90 Å². The molecular weight excluding hydrogens is 523 g/mol. The molecule has 2 saturated carbocycles. The number of nitrogens with zero attached hydrogens (tertiary/aromatic N) is 5. The predicted molar refractivity (Wildman–Crippen MR) is 144 cm³/mol. The molecule has 9 nitrogen and oxygen atoms in total. The normalized spacial score (nSPS) is 28.2. The quantitative estimate of drug-likeness (QED) is 0.505. The highest BCUT2D eigenvalue weighted by atomic mass is 19.4. The Morgan fingerprint density at radius 2 is 1.77 bits per heavy atom. The fourth-order valence-corrected chi connectivity index (χ4v) is 7.53. The minimum absolute atomic E-state index is 0.0777. The number of pyridine rings is 1. The minimum Gasteiger partial charge on any atom is -0.343 e. The van der Waals surface area contributed by atoms with Gasteiger partial charge in [0.1, 0.15) is 0 Å². The van der Waals surface area contributed by atoms with Gasteiger partial charge in [0.25, 0.3) is 0 Å². The van der Waals surface area contributed by atoms with Crippen LogP contribution in [0.5, 0.6) is 0 Å². The number of nitrogens with one attached hydrogen (secondary N) is 2. The van der Waals surface area contributed by atoms with Gasteiger partial charge in [-0.25, -0.2) is 15.6 Å². The van der Waals surface area contributed by atoms with Crippen LogP contribution in [0.4, 0.5) is 13.2 Å². The van der Waals surface area contributed by atoms with E-state index in [0.717, 1.165) is 38.8 Å². The van der Waals surface area contributed by atoms with Crippen molar-refractivity contribution in [3.8, 4) is 0 Å². The highest BCUT2D eigenvalue weighted by Crippen LogP contribution is 2.47. The van der Waals surface area contributed by atoms with Crippen LogP contribution in [-0.4, -0.2) is 76.1 Å². The molecule has 3 unspecified atom stereocenters. The fourth-order valence-electron chi connectivity index (χ4n) is 7.53. The lowest BCUT2D eigenvalue weighted by atomic mass is 9.65. The van der Waals surface area contributed by atoms with Crippen molar-refractivity contribution in [3.63, 3.8) is 0 Å². The Kier molecular flexibility index (Phi) is 7.71. The first-order chi connectivity index (χ1) is 19.2. The first-order valence-corrected chi connectivity index (χ1v) is 14.7. The monoisotopic (exact) mass is 563 g/mol. The lowest BCUT2D eigenvalue weighted by Crippen LogP contribution is -2.50. The minimum atomic E-state index is -4.58. The van der Waals surface area contributed by atoms with Crippen LogP contribution in [0.3, 0.4) is 0 Å². The van der Waals surface area contributed by atoms with E-state index in [4.69, 9.17) is 0 Å². The second-order valence-electron chi connectivity index (χ2n) is 12.3. The second-order valence-corrected chi connectivity index (χ2v) is 12.3. The largest absolute Gasteiger partial charge is 0.418 e. The number of hydrazine groups is 1. The topological polar surface area (TPSA) is 77.3 Å². The highest BCUT2D eigenvalue weighted by Gasteiger charge is 2.44. The zero-order chi connectivity index (χ0) is 28.0. The molecule has 2 saturated heterocycles. The number of rotatable bonds is 7. The number of halogens is 3. The van der Waals surface area contributed by atoms with Crippen LogP contribution in [-0.2, 0) is 17.5 Å². The van der Waals surface area contributed by atoms with E-state index in [1.54, 1.807) is 15.7 Å². The van der Waals surface area contributed by atoms with Gasteiger partial charge in [-0.15, -0.1) is 0 Å². The fraction of sp³-hybridized carbons (Fsp3) is 0.714. The Morgan fingerprint density at radius 3 is 2.40 bits per heavy atom. The molecule has 0 aromatic carbocycles. The zero-order valence-corrected chi connectivity index (χ0v) is 23.1. The summed E-state index contributed by atoms with van der Waals surface area (Å²) in [7, 11) is 2.12. The van der Waals surface area contributed by atoms with E-state index in [2.05, 4.69) is 22.8 Å². The molecule has 6 rings (SSSR count). The average Bonchev–Trinajstić information content (AvgIpc) is 3.48. The van der Waals surface area contributed by atoms with Crippen molar-refractivity contribution in [3.05, 3.63) is 40.1 Å². The van der Waals surface area contributed by atoms with E-state index in [9.17, 15) is 22.8 Å². The van der Waals surface area contributed by atoms with Gasteiger partial charge in [-0.05, 0) is 55.7 Å². The van der Waals surface area contributed by atoms with Gasteiger partial charge in [-0.1, -0.05) is 25.7 Å². The summed E-state index contributed by atoms with van der Waals surface area (Å²) in [6.07, 6.45) is 6.82. The molecule has 4 atom stereocenters. The van der Waals surface area contributed by atoms with Gasteiger partial charge in [0.05, 0.1) is 23.9 Å². The molecule has 4 fully saturated rings. The molecule has 220 valence electrons. The average molecular weight is 564 g/mol. The van der Waals surface area contributed by atoms with Crippen LogP contribution >= 0.6 is 0 Å². The number of imidazole rings is 1. The van der Waals surface area contributed by atoms with Crippen molar-refractivity contribution in [2.75, 3.05) is 39.9 Å². The van der Waals surface area contributed by atoms with E-state index in [-0.39, 0.29) is 17.7 Å². The molecule has 2 N–H and O–H groups in total. The number of fused-ring (bicyclic) bond motifs is 1. The standard InChI is InChI=1S/C28H40F3N7O2/c1-34-17-32-33-26(34)25(20-4-2-5-20)21-6-3-7-22(13-21)37-16-24-23(28(29,30)31)12-19(15-38(24)27(37)40)14-35-8-10-36(18-39)11-9-35/h12,15-16,18,20-22,25-26,32-33H,2-11,13-14,17H2,1H3/t21?,22?,25-,26?/m1/s1. The molecule has 12 heteroatoms. The van der Waals surface area contributed by atoms with E-state index in [1.165, 1.54) is 35.9 Å². The van der Waals surface area contributed by atoms with Gasteiger partial charge in [0, 0.05) is 51.2 Å². The first kappa shape index (κ1) is 27.7. The SMILES string of the molecule is CN1CNNC1[C@H](C1CCC1)C1CCCC(n2cc3c(C(F)(F)F)cc(CN4CCN(C=O)CC4)cn3c2=O)C1. The highest BCUT2D eigenvalue weighted by molar-refractivity contribution is 5.56. The molecule has 0 spiro atoms. The van der Waals surface area contributed by atoms with Gasteiger partial charge >= 0.3 is 11.9 Å². The molecule has 2 aromatic heterocycles. The van der Waals surface area contributed by atoms with Gasteiger partial charge in [0.15, 0.2) is 0 Å². The van der Waals surface area contributed by atoms with Crippen molar-refractivity contribution in [1.29, 1.82) is 0 Å². The van der Waals surface area contributed by atoms with Crippen LogP contribution < -0.4 is 16.5 Å². The summed E-state index contributed by atoms with van der Waals surface area (Å²) < 4.78 is 45.6. The van der Waals surface area contributed by atoms with E-state index < -0.39 is 17.4 Å². The van der Waals surface area contributed by atoms with Gasteiger partial charge < -0.3 is 4.90 Å². The van der Waals surface area contributed by atoms with Crippen LogP contribution in [0.25, 0.3) is 5.52 Å². The Balaban J connectivity index is 1.29. The maximum absolute atomic E-state index is 14.3. The molecule has 2 aliphatic carbocycles. The third-order valence-corrected chi connectivity index (χ3v) is 9.85. The molecule has 40 heavy (non-hydrogen) atoms. The Bertz CT molecular complexity index is 1270. The van der Waals surface area contributed by atoms with E-state index in [0.29, 0.717) is 56.0 Å². The summed E-state index contributed by atoms with van der Waals surface area (Å²) in [5.41, 5.74) is 5.94.